The number of pyridine rings is 1. The lowest BCUT2D eigenvalue weighted by molar-refractivity contribution is 0.00578. The van der Waals surface area contributed by atoms with Crippen LogP contribution in [-0.2, 0) is 9.31 Å². The van der Waals surface area contributed by atoms with Gasteiger partial charge in [0.1, 0.15) is 6.07 Å². The highest BCUT2D eigenvalue weighted by molar-refractivity contribution is 6.61. The zero-order valence-electron chi connectivity index (χ0n) is 12.4. The molecule has 2 aliphatic rings. The summed E-state index contributed by atoms with van der Waals surface area (Å²) in [6.45, 7) is 8.02. The zero-order valence-corrected chi connectivity index (χ0v) is 12.4. The maximum Gasteiger partial charge on any atom is 0.515 e. The number of rotatable bonds is 2. The Hall–Kier alpha value is -1.38. The molecule has 1 saturated carbocycles. The summed E-state index contributed by atoms with van der Waals surface area (Å²) < 4.78 is 12.0. The summed E-state index contributed by atoms with van der Waals surface area (Å²) in [6.07, 6.45) is 2.36. The molecule has 1 aromatic heterocycles. The number of hydrogen-bond acceptors (Lipinski definition) is 4. The molecule has 0 aromatic carbocycles. The van der Waals surface area contributed by atoms with Gasteiger partial charge in [-0.1, -0.05) is 0 Å². The molecule has 1 saturated heterocycles. The summed E-state index contributed by atoms with van der Waals surface area (Å²) in [6, 6.07) is 5.97. The molecular formula is C15H19BN2O2. The summed E-state index contributed by atoms with van der Waals surface area (Å²) in [5, 5.41) is 9.28. The van der Waals surface area contributed by atoms with Crippen LogP contribution in [0.25, 0.3) is 0 Å². The Balaban J connectivity index is 1.98. The van der Waals surface area contributed by atoms with E-state index in [9.17, 15) is 5.26 Å². The second-order valence-electron chi connectivity index (χ2n) is 6.64. The smallest absolute Gasteiger partial charge is 0.398 e. The van der Waals surface area contributed by atoms with Crippen LogP contribution in [0.15, 0.2) is 12.1 Å². The Morgan fingerprint density at radius 3 is 2.30 bits per heavy atom. The SMILES string of the molecule is CC1(C)OB(c2nc(C3CC3)ccc2C#N)OC1(C)C. The predicted octanol–water partition coefficient (Wildman–Crippen LogP) is 2.13. The van der Waals surface area contributed by atoms with Crippen molar-refractivity contribution in [2.75, 3.05) is 0 Å². The van der Waals surface area contributed by atoms with Crippen molar-refractivity contribution in [3.05, 3.63) is 23.4 Å². The van der Waals surface area contributed by atoms with E-state index in [1.165, 1.54) is 12.8 Å². The summed E-state index contributed by atoms with van der Waals surface area (Å²) in [4.78, 5) is 4.65. The number of aromatic nitrogens is 1. The minimum atomic E-state index is -0.562. The van der Waals surface area contributed by atoms with Crippen LogP contribution in [0, 0.1) is 11.3 Å². The van der Waals surface area contributed by atoms with Crippen LogP contribution < -0.4 is 5.59 Å². The molecule has 1 aliphatic carbocycles. The fraction of sp³-hybridized carbons (Fsp3) is 0.600. The Bertz CT molecular complexity index is 572. The summed E-state index contributed by atoms with van der Waals surface area (Å²) in [7, 11) is -0.562. The zero-order chi connectivity index (χ0) is 14.5. The normalized spacial score (nSPS) is 23.6. The van der Waals surface area contributed by atoms with Crippen LogP contribution in [0.1, 0.15) is 57.7 Å². The highest BCUT2D eigenvalue weighted by Crippen LogP contribution is 2.39. The highest BCUT2D eigenvalue weighted by Gasteiger charge is 2.53. The molecule has 0 atom stereocenters. The van der Waals surface area contributed by atoms with Crippen molar-refractivity contribution in [3.63, 3.8) is 0 Å². The minimum Gasteiger partial charge on any atom is -0.398 e. The van der Waals surface area contributed by atoms with E-state index in [1.807, 2.05) is 39.8 Å². The van der Waals surface area contributed by atoms with Gasteiger partial charge in [-0.25, -0.2) is 0 Å². The Labute approximate surface area is 120 Å². The van der Waals surface area contributed by atoms with Crippen LogP contribution in [-0.4, -0.2) is 23.3 Å². The second-order valence-corrected chi connectivity index (χ2v) is 6.64. The first-order valence-electron chi connectivity index (χ1n) is 7.11. The molecule has 4 nitrogen and oxygen atoms in total. The second kappa shape index (κ2) is 4.31. The molecular weight excluding hydrogens is 251 g/mol. The predicted molar refractivity (Wildman–Crippen MR) is 76.6 cm³/mol. The number of hydrogen-bond donors (Lipinski definition) is 0. The average molecular weight is 270 g/mol. The van der Waals surface area contributed by atoms with Gasteiger partial charge >= 0.3 is 7.12 Å². The molecule has 0 unspecified atom stereocenters. The monoisotopic (exact) mass is 270 g/mol. The summed E-state index contributed by atoms with van der Waals surface area (Å²) in [5.74, 6) is 0.545. The largest absolute Gasteiger partial charge is 0.515 e. The quantitative estimate of drug-likeness (QED) is 0.772. The summed E-state index contributed by atoms with van der Waals surface area (Å²) >= 11 is 0. The first kappa shape index (κ1) is 13.6. The van der Waals surface area contributed by atoms with Crippen molar-refractivity contribution in [2.45, 2.75) is 57.7 Å². The van der Waals surface area contributed by atoms with Crippen LogP contribution in [0.4, 0.5) is 0 Å². The Kier molecular flexibility index (Phi) is 2.93. The molecule has 104 valence electrons. The maximum absolute atomic E-state index is 9.28. The molecule has 3 rings (SSSR count). The standard InChI is InChI=1S/C15H19BN2O2/c1-14(2)15(3,4)20-16(19-14)13-11(9-17)7-8-12(18-13)10-5-6-10/h7-8,10H,5-6H2,1-4H3. The molecule has 2 fully saturated rings. The molecule has 0 radical (unpaired) electrons. The van der Waals surface area contributed by atoms with Crippen molar-refractivity contribution in [1.29, 1.82) is 5.26 Å². The van der Waals surface area contributed by atoms with Crippen LogP contribution in [0.5, 0.6) is 0 Å². The van der Waals surface area contributed by atoms with E-state index in [-0.39, 0.29) is 0 Å². The minimum absolute atomic E-state index is 0.415. The van der Waals surface area contributed by atoms with E-state index < -0.39 is 18.3 Å². The molecule has 0 spiro atoms. The van der Waals surface area contributed by atoms with Gasteiger partial charge < -0.3 is 9.31 Å². The molecule has 20 heavy (non-hydrogen) atoms. The molecule has 1 aliphatic heterocycles. The van der Waals surface area contributed by atoms with E-state index in [1.54, 1.807) is 0 Å². The van der Waals surface area contributed by atoms with Crippen molar-refractivity contribution in [3.8, 4) is 6.07 Å². The Morgan fingerprint density at radius 2 is 1.80 bits per heavy atom. The van der Waals surface area contributed by atoms with Gasteiger partial charge in [-0.2, -0.15) is 5.26 Å². The van der Waals surface area contributed by atoms with E-state index in [4.69, 9.17) is 9.31 Å². The van der Waals surface area contributed by atoms with E-state index in [0.717, 1.165) is 5.69 Å². The fourth-order valence-corrected chi connectivity index (χ4v) is 2.33. The maximum atomic E-state index is 9.28. The number of nitriles is 1. The third-order valence-corrected chi connectivity index (χ3v) is 4.54. The van der Waals surface area contributed by atoms with Gasteiger partial charge in [0.15, 0.2) is 0 Å². The third-order valence-electron chi connectivity index (χ3n) is 4.54. The summed E-state index contributed by atoms with van der Waals surface area (Å²) in [5.41, 5.74) is 1.38. The van der Waals surface area contributed by atoms with Gasteiger partial charge in [-0.3, -0.25) is 4.98 Å². The van der Waals surface area contributed by atoms with Crippen molar-refractivity contribution >= 4 is 12.7 Å². The lowest BCUT2D eigenvalue weighted by atomic mass is 9.81. The molecule has 1 aromatic rings. The van der Waals surface area contributed by atoms with Gasteiger partial charge in [-0.15, -0.1) is 0 Å². The van der Waals surface area contributed by atoms with E-state index >= 15 is 0 Å². The third kappa shape index (κ3) is 2.13. The van der Waals surface area contributed by atoms with Gasteiger partial charge in [-0.05, 0) is 52.7 Å². The first-order chi connectivity index (χ1) is 9.34. The van der Waals surface area contributed by atoms with Crippen molar-refractivity contribution < 1.29 is 9.31 Å². The lowest BCUT2D eigenvalue weighted by Gasteiger charge is -2.32. The van der Waals surface area contributed by atoms with Gasteiger partial charge in [0, 0.05) is 11.6 Å². The van der Waals surface area contributed by atoms with Gasteiger partial charge in [0.05, 0.1) is 22.4 Å². The van der Waals surface area contributed by atoms with Gasteiger partial charge in [0.2, 0.25) is 0 Å². The van der Waals surface area contributed by atoms with E-state index in [2.05, 4.69) is 11.1 Å². The highest BCUT2D eigenvalue weighted by atomic mass is 16.7. The first-order valence-corrected chi connectivity index (χ1v) is 7.11. The van der Waals surface area contributed by atoms with E-state index in [0.29, 0.717) is 17.1 Å². The average Bonchev–Trinajstić information content (AvgIpc) is 3.17. The number of nitrogens with zero attached hydrogens (tertiary/aromatic N) is 2. The molecule has 0 bridgehead atoms. The van der Waals surface area contributed by atoms with Gasteiger partial charge in [0.25, 0.3) is 0 Å². The molecule has 0 amide bonds. The fourth-order valence-electron chi connectivity index (χ4n) is 2.33. The van der Waals surface area contributed by atoms with Crippen LogP contribution >= 0.6 is 0 Å². The topological polar surface area (TPSA) is 55.1 Å². The van der Waals surface area contributed by atoms with Crippen LogP contribution in [0.2, 0.25) is 0 Å². The molecule has 0 N–H and O–H groups in total. The molecule has 5 heteroatoms. The van der Waals surface area contributed by atoms with Crippen molar-refractivity contribution in [2.24, 2.45) is 0 Å². The molecule has 2 heterocycles. The van der Waals surface area contributed by atoms with Crippen molar-refractivity contribution in [1.82, 2.24) is 4.98 Å². The lowest BCUT2D eigenvalue weighted by Crippen LogP contribution is -2.41. The van der Waals surface area contributed by atoms with Crippen LogP contribution in [0.3, 0.4) is 0 Å². The Morgan fingerprint density at radius 1 is 1.20 bits per heavy atom.